The fourth-order valence-corrected chi connectivity index (χ4v) is 2.10. The van der Waals surface area contributed by atoms with Gasteiger partial charge in [-0.25, -0.2) is 0 Å². The molecule has 1 aromatic carbocycles. The van der Waals surface area contributed by atoms with E-state index in [1.54, 1.807) is 6.20 Å². The van der Waals surface area contributed by atoms with E-state index in [1.165, 1.54) is 0 Å². The second-order valence-electron chi connectivity index (χ2n) is 4.69. The van der Waals surface area contributed by atoms with E-state index in [0.717, 1.165) is 16.8 Å². The molecular weight excluding hydrogens is 250 g/mol. The Labute approximate surface area is 119 Å². The van der Waals surface area contributed by atoms with Gasteiger partial charge in [0.25, 0.3) is 0 Å². The van der Waals surface area contributed by atoms with Crippen LogP contribution < -0.4 is 11.1 Å². The summed E-state index contributed by atoms with van der Waals surface area (Å²) in [5.41, 5.74) is 8.51. The van der Waals surface area contributed by atoms with Crippen LogP contribution in [0.5, 0.6) is 0 Å². The van der Waals surface area contributed by atoms with Gasteiger partial charge in [0.15, 0.2) is 0 Å². The Kier molecular flexibility index (Phi) is 4.85. The number of hydrogen-bond donors (Lipinski definition) is 2. The van der Waals surface area contributed by atoms with Crippen LogP contribution in [-0.2, 0) is 17.8 Å². The van der Waals surface area contributed by atoms with Crippen LogP contribution >= 0.6 is 0 Å². The van der Waals surface area contributed by atoms with Crippen molar-refractivity contribution in [1.29, 1.82) is 0 Å². The molecule has 2 rings (SSSR count). The average Bonchev–Trinajstić information content (AvgIpc) is 2.48. The van der Waals surface area contributed by atoms with Crippen molar-refractivity contribution in [3.63, 3.8) is 0 Å². The van der Waals surface area contributed by atoms with Crippen LogP contribution in [0.15, 0.2) is 48.7 Å². The Morgan fingerprint density at radius 3 is 2.55 bits per heavy atom. The molecule has 0 unspecified atom stereocenters. The monoisotopic (exact) mass is 269 g/mol. The van der Waals surface area contributed by atoms with Gasteiger partial charge in [0.2, 0.25) is 5.91 Å². The average molecular weight is 269 g/mol. The highest BCUT2D eigenvalue weighted by molar-refractivity contribution is 5.79. The van der Waals surface area contributed by atoms with Crippen molar-refractivity contribution < 1.29 is 4.79 Å². The highest BCUT2D eigenvalue weighted by atomic mass is 16.1. The lowest BCUT2D eigenvalue weighted by atomic mass is 10.0. The van der Waals surface area contributed by atoms with Gasteiger partial charge in [-0.05, 0) is 30.2 Å². The number of aromatic nitrogens is 1. The predicted molar refractivity (Wildman–Crippen MR) is 78.8 cm³/mol. The zero-order chi connectivity index (χ0) is 14.4. The van der Waals surface area contributed by atoms with Crippen molar-refractivity contribution in [2.75, 3.05) is 0 Å². The molecule has 0 saturated heterocycles. The normalized spacial score (nSPS) is 11.9. The van der Waals surface area contributed by atoms with E-state index < -0.39 is 0 Å². The summed E-state index contributed by atoms with van der Waals surface area (Å²) in [6, 6.07) is 13.3. The second-order valence-corrected chi connectivity index (χ2v) is 4.69. The minimum atomic E-state index is -0.103. The third kappa shape index (κ3) is 3.65. The molecule has 4 nitrogen and oxygen atoms in total. The number of benzene rings is 1. The first-order chi connectivity index (χ1) is 9.70. The summed E-state index contributed by atoms with van der Waals surface area (Å²) in [6.07, 6.45) is 2.06. The maximum atomic E-state index is 12.1. The van der Waals surface area contributed by atoms with Gasteiger partial charge in [-0.15, -0.1) is 0 Å². The number of nitrogens with two attached hydrogens (primary N) is 1. The minimum Gasteiger partial charge on any atom is -0.348 e. The Hall–Kier alpha value is -2.20. The molecule has 0 radical (unpaired) electrons. The van der Waals surface area contributed by atoms with Crippen molar-refractivity contribution in [3.8, 4) is 0 Å². The number of amides is 1. The zero-order valence-electron chi connectivity index (χ0n) is 11.5. The summed E-state index contributed by atoms with van der Waals surface area (Å²) in [7, 11) is 0. The molecule has 1 amide bonds. The lowest BCUT2D eigenvalue weighted by Gasteiger charge is -2.14. The van der Waals surface area contributed by atoms with E-state index in [1.807, 2.05) is 49.4 Å². The standard InChI is InChI=1S/C16H19N3O/c1-12(15-8-4-5-9-18-15)19-16(20)10-13-6-2-3-7-14(13)11-17/h2-9,12H,10-11,17H2,1H3,(H,19,20)/t12-/m0/s1. The SMILES string of the molecule is C[C@H](NC(=O)Cc1ccccc1CN)c1ccccn1. The first-order valence-electron chi connectivity index (χ1n) is 6.68. The predicted octanol–water partition coefficient (Wildman–Crippen LogP) is 1.96. The van der Waals surface area contributed by atoms with Crippen molar-refractivity contribution in [3.05, 3.63) is 65.5 Å². The van der Waals surface area contributed by atoms with Crippen LogP contribution in [0.1, 0.15) is 29.8 Å². The van der Waals surface area contributed by atoms with Crippen LogP contribution in [0.3, 0.4) is 0 Å². The van der Waals surface area contributed by atoms with Gasteiger partial charge in [-0.3, -0.25) is 9.78 Å². The Bertz CT molecular complexity index is 569. The van der Waals surface area contributed by atoms with E-state index in [2.05, 4.69) is 10.3 Å². The third-order valence-electron chi connectivity index (χ3n) is 3.20. The maximum absolute atomic E-state index is 12.1. The summed E-state index contributed by atoms with van der Waals surface area (Å²) in [5.74, 6) is -0.0240. The summed E-state index contributed by atoms with van der Waals surface area (Å²) in [6.45, 7) is 2.37. The number of carbonyl (C=O) groups excluding carboxylic acids is 1. The topological polar surface area (TPSA) is 68.0 Å². The molecule has 1 heterocycles. The highest BCUT2D eigenvalue weighted by Gasteiger charge is 2.12. The number of nitrogens with zero attached hydrogens (tertiary/aromatic N) is 1. The molecule has 0 aliphatic heterocycles. The number of hydrogen-bond acceptors (Lipinski definition) is 3. The van der Waals surface area contributed by atoms with Crippen LogP contribution in [0.4, 0.5) is 0 Å². The summed E-state index contributed by atoms with van der Waals surface area (Å²) >= 11 is 0. The molecule has 3 N–H and O–H groups in total. The van der Waals surface area contributed by atoms with Gasteiger partial charge < -0.3 is 11.1 Å². The largest absolute Gasteiger partial charge is 0.348 e. The Balaban J connectivity index is 1.99. The molecule has 0 fully saturated rings. The van der Waals surface area contributed by atoms with Gasteiger partial charge in [-0.2, -0.15) is 0 Å². The number of pyridine rings is 1. The van der Waals surface area contributed by atoms with E-state index in [-0.39, 0.29) is 11.9 Å². The molecular formula is C16H19N3O. The summed E-state index contributed by atoms with van der Waals surface area (Å²) < 4.78 is 0. The van der Waals surface area contributed by atoms with Crippen LogP contribution in [0, 0.1) is 0 Å². The highest BCUT2D eigenvalue weighted by Crippen LogP contribution is 2.11. The van der Waals surface area contributed by atoms with E-state index >= 15 is 0 Å². The third-order valence-corrected chi connectivity index (χ3v) is 3.20. The summed E-state index contributed by atoms with van der Waals surface area (Å²) in [4.78, 5) is 16.3. The maximum Gasteiger partial charge on any atom is 0.224 e. The Morgan fingerprint density at radius 1 is 1.20 bits per heavy atom. The minimum absolute atomic E-state index is 0.0240. The molecule has 0 bridgehead atoms. The second kappa shape index (κ2) is 6.82. The van der Waals surface area contributed by atoms with E-state index in [9.17, 15) is 4.79 Å². The molecule has 20 heavy (non-hydrogen) atoms. The Morgan fingerprint density at radius 2 is 1.90 bits per heavy atom. The number of carbonyl (C=O) groups is 1. The smallest absolute Gasteiger partial charge is 0.224 e. The first-order valence-corrected chi connectivity index (χ1v) is 6.68. The molecule has 4 heteroatoms. The van der Waals surface area contributed by atoms with Gasteiger partial charge in [0.1, 0.15) is 0 Å². The van der Waals surface area contributed by atoms with Gasteiger partial charge in [-0.1, -0.05) is 30.3 Å². The fraction of sp³-hybridized carbons (Fsp3) is 0.250. The van der Waals surface area contributed by atoms with Crippen molar-refractivity contribution in [2.24, 2.45) is 5.73 Å². The van der Waals surface area contributed by atoms with Crippen molar-refractivity contribution in [1.82, 2.24) is 10.3 Å². The van der Waals surface area contributed by atoms with Crippen molar-refractivity contribution >= 4 is 5.91 Å². The lowest BCUT2D eigenvalue weighted by molar-refractivity contribution is -0.121. The van der Waals surface area contributed by atoms with Crippen LogP contribution in [0.2, 0.25) is 0 Å². The van der Waals surface area contributed by atoms with E-state index in [0.29, 0.717) is 13.0 Å². The molecule has 1 atom stereocenters. The van der Waals surface area contributed by atoms with E-state index in [4.69, 9.17) is 5.73 Å². The summed E-state index contributed by atoms with van der Waals surface area (Å²) in [5, 5.41) is 2.95. The molecule has 2 aromatic rings. The molecule has 1 aromatic heterocycles. The zero-order valence-corrected chi connectivity index (χ0v) is 11.5. The number of rotatable bonds is 5. The fourth-order valence-electron chi connectivity index (χ4n) is 2.10. The lowest BCUT2D eigenvalue weighted by Crippen LogP contribution is -2.29. The van der Waals surface area contributed by atoms with Crippen LogP contribution in [0.25, 0.3) is 0 Å². The van der Waals surface area contributed by atoms with Gasteiger partial charge in [0.05, 0.1) is 18.2 Å². The van der Waals surface area contributed by atoms with Gasteiger partial charge in [0, 0.05) is 12.7 Å². The molecule has 0 aliphatic carbocycles. The number of nitrogens with one attached hydrogen (secondary N) is 1. The quantitative estimate of drug-likeness (QED) is 0.872. The first kappa shape index (κ1) is 14.2. The molecule has 104 valence electrons. The van der Waals surface area contributed by atoms with Crippen molar-refractivity contribution in [2.45, 2.75) is 25.9 Å². The van der Waals surface area contributed by atoms with Crippen LogP contribution in [-0.4, -0.2) is 10.9 Å². The molecule has 0 spiro atoms. The molecule has 0 saturated carbocycles. The molecule has 0 aliphatic rings. The van der Waals surface area contributed by atoms with Gasteiger partial charge >= 0.3 is 0 Å².